The summed E-state index contributed by atoms with van der Waals surface area (Å²) in [4.78, 5) is 11.9. The number of nitrogens with one attached hydrogen (secondary N) is 1. The Labute approximate surface area is 100 Å². The zero-order chi connectivity index (χ0) is 12.5. The minimum Gasteiger partial charge on any atom is -0.344 e. The molecular formula is C13H14N4. The van der Waals surface area contributed by atoms with Gasteiger partial charge in [-0.2, -0.15) is 5.26 Å². The summed E-state index contributed by atoms with van der Waals surface area (Å²) in [5.74, 6) is 0.679. The molecule has 0 spiro atoms. The van der Waals surface area contributed by atoms with Crippen LogP contribution in [0.5, 0.6) is 0 Å². The molecule has 2 aromatic heterocycles. The van der Waals surface area contributed by atoms with Gasteiger partial charge in [-0.05, 0) is 32.9 Å². The number of rotatable bonds is 2. The van der Waals surface area contributed by atoms with Gasteiger partial charge in [0.25, 0.3) is 0 Å². The third-order valence-electron chi connectivity index (χ3n) is 2.66. The lowest BCUT2D eigenvalue weighted by Gasteiger charge is -2.10. The summed E-state index contributed by atoms with van der Waals surface area (Å²) >= 11 is 0. The Hall–Kier alpha value is -2.15. The Bertz CT molecular complexity index is 561. The van der Waals surface area contributed by atoms with Gasteiger partial charge in [-0.15, -0.1) is 0 Å². The standard InChI is InChI=1S/C13H14N4/c1-9-11(10-6-4-5-7-15-10)17-12(16-9)13(2,3)8-14/h4-7H,1-3H3,(H,16,17). The van der Waals surface area contributed by atoms with E-state index >= 15 is 0 Å². The van der Waals surface area contributed by atoms with Crippen LogP contribution in [0.4, 0.5) is 0 Å². The van der Waals surface area contributed by atoms with Crippen LogP contribution < -0.4 is 0 Å². The topological polar surface area (TPSA) is 65.4 Å². The minimum absolute atomic E-state index is 0.613. The van der Waals surface area contributed by atoms with E-state index in [0.29, 0.717) is 5.82 Å². The SMILES string of the molecule is Cc1[nH]c(C(C)(C)C#N)nc1-c1ccccn1. The van der Waals surface area contributed by atoms with Crippen LogP contribution in [0, 0.1) is 18.3 Å². The average Bonchev–Trinajstić information content (AvgIpc) is 2.73. The minimum atomic E-state index is -0.613. The van der Waals surface area contributed by atoms with Gasteiger partial charge < -0.3 is 4.98 Å². The van der Waals surface area contributed by atoms with Crippen molar-refractivity contribution in [3.05, 3.63) is 35.9 Å². The second kappa shape index (κ2) is 4.02. The highest BCUT2D eigenvalue weighted by atomic mass is 15.0. The molecule has 0 aliphatic rings. The Morgan fingerprint density at radius 3 is 2.71 bits per heavy atom. The summed E-state index contributed by atoms with van der Waals surface area (Å²) in [6, 6.07) is 7.93. The largest absolute Gasteiger partial charge is 0.344 e. The number of H-pyrrole nitrogens is 1. The molecule has 1 N–H and O–H groups in total. The van der Waals surface area contributed by atoms with E-state index in [0.717, 1.165) is 17.1 Å². The van der Waals surface area contributed by atoms with E-state index in [2.05, 4.69) is 21.0 Å². The molecule has 0 radical (unpaired) electrons. The second-order valence-electron chi connectivity index (χ2n) is 4.51. The van der Waals surface area contributed by atoms with Crippen molar-refractivity contribution in [3.8, 4) is 17.5 Å². The monoisotopic (exact) mass is 226 g/mol. The molecule has 0 saturated carbocycles. The van der Waals surface area contributed by atoms with Crippen molar-refractivity contribution in [2.75, 3.05) is 0 Å². The fraction of sp³-hybridized carbons (Fsp3) is 0.308. The summed E-state index contributed by atoms with van der Waals surface area (Å²) in [5.41, 5.74) is 1.95. The lowest BCUT2D eigenvalue weighted by molar-refractivity contribution is 0.638. The summed E-state index contributed by atoms with van der Waals surface area (Å²) in [6.45, 7) is 5.62. The molecule has 0 saturated heterocycles. The van der Waals surface area contributed by atoms with Crippen LogP contribution in [0.2, 0.25) is 0 Å². The maximum absolute atomic E-state index is 9.09. The molecule has 0 fully saturated rings. The van der Waals surface area contributed by atoms with Gasteiger partial charge in [0.2, 0.25) is 0 Å². The van der Waals surface area contributed by atoms with E-state index in [9.17, 15) is 0 Å². The predicted molar refractivity (Wildman–Crippen MR) is 65.2 cm³/mol. The van der Waals surface area contributed by atoms with Crippen LogP contribution in [0.3, 0.4) is 0 Å². The normalized spacial score (nSPS) is 11.2. The Morgan fingerprint density at radius 2 is 2.12 bits per heavy atom. The predicted octanol–water partition coefficient (Wildman–Crippen LogP) is 2.58. The molecule has 17 heavy (non-hydrogen) atoms. The number of nitriles is 1. The van der Waals surface area contributed by atoms with Crippen molar-refractivity contribution in [2.24, 2.45) is 0 Å². The molecule has 0 aliphatic carbocycles. The lowest BCUT2D eigenvalue weighted by Crippen LogP contribution is -2.15. The number of hydrogen-bond acceptors (Lipinski definition) is 3. The fourth-order valence-corrected chi connectivity index (χ4v) is 1.56. The average molecular weight is 226 g/mol. The van der Waals surface area contributed by atoms with Gasteiger partial charge in [0, 0.05) is 11.9 Å². The van der Waals surface area contributed by atoms with Gasteiger partial charge in [0.1, 0.15) is 16.9 Å². The van der Waals surface area contributed by atoms with E-state index < -0.39 is 5.41 Å². The van der Waals surface area contributed by atoms with E-state index in [4.69, 9.17) is 5.26 Å². The highest BCUT2D eigenvalue weighted by Gasteiger charge is 2.25. The van der Waals surface area contributed by atoms with Gasteiger partial charge >= 0.3 is 0 Å². The highest BCUT2D eigenvalue weighted by Crippen LogP contribution is 2.25. The molecular weight excluding hydrogens is 212 g/mol. The molecule has 0 atom stereocenters. The number of aryl methyl sites for hydroxylation is 1. The van der Waals surface area contributed by atoms with E-state index in [1.807, 2.05) is 39.0 Å². The van der Waals surface area contributed by atoms with Crippen LogP contribution in [-0.4, -0.2) is 15.0 Å². The van der Waals surface area contributed by atoms with Gasteiger partial charge in [0.15, 0.2) is 0 Å². The molecule has 4 nitrogen and oxygen atoms in total. The first-order chi connectivity index (χ1) is 8.04. The van der Waals surface area contributed by atoms with Crippen LogP contribution in [0.1, 0.15) is 25.4 Å². The number of imidazole rings is 1. The summed E-state index contributed by atoms with van der Waals surface area (Å²) in [7, 11) is 0. The van der Waals surface area contributed by atoms with Gasteiger partial charge in [-0.25, -0.2) is 4.98 Å². The molecule has 0 aliphatic heterocycles. The zero-order valence-corrected chi connectivity index (χ0v) is 10.2. The molecule has 0 aromatic carbocycles. The van der Waals surface area contributed by atoms with Crippen molar-refractivity contribution < 1.29 is 0 Å². The highest BCUT2D eigenvalue weighted by molar-refractivity contribution is 5.57. The smallest absolute Gasteiger partial charge is 0.127 e. The molecule has 2 heterocycles. The summed E-state index contributed by atoms with van der Waals surface area (Å²) < 4.78 is 0. The maximum Gasteiger partial charge on any atom is 0.127 e. The fourth-order valence-electron chi connectivity index (χ4n) is 1.56. The Kier molecular flexibility index (Phi) is 2.68. The van der Waals surface area contributed by atoms with Crippen molar-refractivity contribution in [1.82, 2.24) is 15.0 Å². The molecule has 2 aromatic rings. The van der Waals surface area contributed by atoms with Crippen LogP contribution in [0.25, 0.3) is 11.4 Å². The zero-order valence-electron chi connectivity index (χ0n) is 10.2. The lowest BCUT2D eigenvalue weighted by atomic mass is 9.95. The van der Waals surface area contributed by atoms with Crippen LogP contribution in [0.15, 0.2) is 24.4 Å². The number of hydrogen-bond donors (Lipinski definition) is 1. The first-order valence-corrected chi connectivity index (χ1v) is 5.44. The molecule has 0 bridgehead atoms. The van der Waals surface area contributed by atoms with Crippen molar-refractivity contribution in [2.45, 2.75) is 26.2 Å². The molecule has 0 unspecified atom stereocenters. The molecule has 2 rings (SSSR count). The molecule has 86 valence electrons. The summed E-state index contributed by atoms with van der Waals surface area (Å²) in [6.07, 6.45) is 1.73. The number of nitrogens with zero attached hydrogens (tertiary/aromatic N) is 3. The molecule has 0 amide bonds. The van der Waals surface area contributed by atoms with Crippen LogP contribution in [-0.2, 0) is 5.41 Å². The summed E-state index contributed by atoms with van der Waals surface area (Å²) in [5, 5.41) is 9.09. The van der Waals surface area contributed by atoms with Crippen LogP contribution >= 0.6 is 0 Å². The third kappa shape index (κ3) is 2.04. The van der Waals surface area contributed by atoms with E-state index in [-0.39, 0.29) is 0 Å². The number of aromatic nitrogens is 3. The first-order valence-electron chi connectivity index (χ1n) is 5.44. The van der Waals surface area contributed by atoms with E-state index in [1.54, 1.807) is 6.20 Å². The quantitative estimate of drug-likeness (QED) is 0.855. The van der Waals surface area contributed by atoms with Crippen molar-refractivity contribution in [3.63, 3.8) is 0 Å². The van der Waals surface area contributed by atoms with Crippen molar-refractivity contribution >= 4 is 0 Å². The van der Waals surface area contributed by atoms with Gasteiger partial charge in [0.05, 0.1) is 11.8 Å². The number of aromatic amines is 1. The van der Waals surface area contributed by atoms with E-state index in [1.165, 1.54) is 0 Å². The van der Waals surface area contributed by atoms with Crippen molar-refractivity contribution in [1.29, 1.82) is 5.26 Å². The number of pyridine rings is 1. The second-order valence-corrected chi connectivity index (χ2v) is 4.51. The third-order valence-corrected chi connectivity index (χ3v) is 2.66. The van der Waals surface area contributed by atoms with Gasteiger partial charge in [-0.3, -0.25) is 4.98 Å². The molecule has 4 heteroatoms. The Balaban J connectivity index is 2.50. The Morgan fingerprint density at radius 1 is 1.35 bits per heavy atom. The first kappa shape index (κ1) is 11.3. The van der Waals surface area contributed by atoms with Gasteiger partial charge in [-0.1, -0.05) is 6.07 Å². The maximum atomic E-state index is 9.09.